The zero-order chi connectivity index (χ0) is 15.1. The Morgan fingerprint density at radius 1 is 1.35 bits per heavy atom. The zero-order valence-electron chi connectivity index (χ0n) is 11.6. The van der Waals surface area contributed by atoms with Crippen LogP contribution < -0.4 is 10.6 Å². The maximum atomic E-state index is 13.1. The smallest absolute Gasteiger partial charge is 0.315 e. The number of carbonyl (C=O) groups is 1. The van der Waals surface area contributed by atoms with Gasteiger partial charge < -0.3 is 15.7 Å². The number of carbonyl (C=O) groups excluding carboxylic acids is 1. The summed E-state index contributed by atoms with van der Waals surface area (Å²) in [6, 6.07) is 4.39. The Labute approximate surface area is 126 Å². The van der Waals surface area contributed by atoms with Crippen LogP contribution in [0.3, 0.4) is 0 Å². The van der Waals surface area contributed by atoms with Crippen molar-refractivity contribution >= 4 is 22.0 Å². The number of hydrogen-bond donors (Lipinski definition) is 3. The fourth-order valence-electron chi connectivity index (χ4n) is 1.83. The summed E-state index contributed by atoms with van der Waals surface area (Å²) in [5, 5.41) is 14.3. The third-order valence-electron chi connectivity index (χ3n) is 2.84. The van der Waals surface area contributed by atoms with Crippen molar-refractivity contribution in [2.75, 3.05) is 6.61 Å². The summed E-state index contributed by atoms with van der Waals surface area (Å²) in [6.07, 6.45) is 1.13. The lowest BCUT2D eigenvalue weighted by Crippen LogP contribution is -2.45. The Bertz CT molecular complexity index is 457. The first-order chi connectivity index (χ1) is 9.42. The molecule has 3 N–H and O–H groups in total. The van der Waals surface area contributed by atoms with Crippen molar-refractivity contribution in [3.05, 3.63) is 34.1 Å². The lowest BCUT2D eigenvalue weighted by Gasteiger charge is -2.18. The molecule has 0 heterocycles. The summed E-state index contributed by atoms with van der Waals surface area (Å²) in [4.78, 5) is 11.7. The number of aliphatic hydroxyl groups excluding tert-OH is 1. The van der Waals surface area contributed by atoms with Crippen LogP contribution in [0.15, 0.2) is 22.7 Å². The molecule has 0 saturated heterocycles. The molecular formula is C14H20BrFN2O2. The first kappa shape index (κ1) is 16.9. The molecule has 20 heavy (non-hydrogen) atoms. The fraction of sp³-hybridized carbons (Fsp3) is 0.500. The molecule has 1 rings (SSSR count). The van der Waals surface area contributed by atoms with Gasteiger partial charge in [0, 0.05) is 18.7 Å². The highest BCUT2D eigenvalue weighted by Crippen LogP contribution is 2.17. The van der Waals surface area contributed by atoms with Crippen molar-refractivity contribution < 1.29 is 14.3 Å². The molecule has 2 amide bonds. The number of amides is 2. The lowest BCUT2D eigenvalue weighted by molar-refractivity contribution is 0.228. The van der Waals surface area contributed by atoms with E-state index < -0.39 is 0 Å². The van der Waals surface area contributed by atoms with Gasteiger partial charge in [-0.25, -0.2) is 9.18 Å². The normalized spacial score (nSPS) is 13.7. The number of nitrogens with one attached hydrogen (secondary N) is 2. The van der Waals surface area contributed by atoms with Crippen LogP contribution in [0.1, 0.15) is 25.8 Å². The van der Waals surface area contributed by atoms with Gasteiger partial charge in [-0.05, 0) is 60.3 Å². The van der Waals surface area contributed by atoms with Crippen molar-refractivity contribution in [3.8, 4) is 0 Å². The van der Waals surface area contributed by atoms with Crippen LogP contribution in [0.4, 0.5) is 9.18 Å². The minimum absolute atomic E-state index is 0.0423. The van der Waals surface area contributed by atoms with E-state index in [1.54, 1.807) is 12.1 Å². The second-order valence-electron chi connectivity index (χ2n) is 4.88. The van der Waals surface area contributed by atoms with Gasteiger partial charge in [0.15, 0.2) is 0 Å². The quantitative estimate of drug-likeness (QED) is 0.741. The molecule has 0 spiro atoms. The number of hydrogen-bond acceptors (Lipinski definition) is 2. The van der Waals surface area contributed by atoms with Crippen LogP contribution in [-0.4, -0.2) is 29.8 Å². The topological polar surface area (TPSA) is 61.4 Å². The van der Waals surface area contributed by atoms with Gasteiger partial charge in [0.05, 0.1) is 4.47 Å². The highest BCUT2D eigenvalue weighted by Gasteiger charge is 2.11. The van der Waals surface area contributed by atoms with Crippen molar-refractivity contribution in [3.63, 3.8) is 0 Å². The van der Waals surface area contributed by atoms with Crippen molar-refractivity contribution in [2.24, 2.45) is 0 Å². The zero-order valence-corrected chi connectivity index (χ0v) is 13.2. The molecule has 0 fully saturated rings. The molecule has 1 aromatic carbocycles. The molecular weight excluding hydrogens is 327 g/mol. The molecule has 2 atom stereocenters. The molecule has 0 saturated carbocycles. The van der Waals surface area contributed by atoms with E-state index in [4.69, 9.17) is 5.11 Å². The Morgan fingerprint density at radius 2 is 2.00 bits per heavy atom. The SMILES string of the molecule is CC(Cc1ccc(F)c(Br)c1)NC(=O)N[C@H](C)CCO. The second-order valence-corrected chi connectivity index (χ2v) is 5.74. The van der Waals surface area contributed by atoms with Crippen LogP contribution in [0.25, 0.3) is 0 Å². The van der Waals surface area contributed by atoms with E-state index in [2.05, 4.69) is 26.6 Å². The van der Waals surface area contributed by atoms with E-state index in [0.29, 0.717) is 17.3 Å². The summed E-state index contributed by atoms with van der Waals surface area (Å²) >= 11 is 3.14. The predicted octanol–water partition coefficient (Wildman–Crippen LogP) is 2.59. The van der Waals surface area contributed by atoms with Crippen LogP contribution >= 0.6 is 15.9 Å². The number of aliphatic hydroxyl groups is 1. The number of rotatable bonds is 6. The highest BCUT2D eigenvalue weighted by molar-refractivity contribution is 9.10. The Hall–Kier alpha value is -1.14. The second kappa shape index (κ2) is 8.21. The van der Waals surface area contributed by atoms with Crippen molar-refractivity contribution in [1.82, 2.24) is 10.6 Å². The molecule has 1 unspecified atom stereocenters. The predicted molar refractivity (Wildman–Crippen MR) is 80.1 cm³/mol. The van der Waals surface area contributed by atoms with E-state index >= 15 is 0 Å². The third-order valence-corrected chi connectivity index (χ3v) is 3.45. The maximum absolute atomic E-state index is 13.1. The van der Waals surface area contributed by atoms with Gasteiger partial charge >= 0.3 is 6.03 Å². The number of urea groups is 1. The Balaban J connectivity index is 2.44. The summed E-state index contributed by atoms with van der Waals surface area (Å²) in [6.45, 7) is 3.76. The minimum atomic E-state index is -0.301. The average molecular weight is 347 g/mol. The van der Waals surface area contributed by atoms with E-state index in [9.17, 15) is 9.18 Å². The Kier molecular flexibility index (Phi) is 6.95. The Morgan fingerprint density at radius 3 is 2.60 bits per heavy atom. The minimum Gasteiger partial charge on any atom is -0.396 e. The summed E-state index contributed by atoms with van der Waals surface area (Å²) < 4.78 is 13.5. The molecule has 0 aromatic heterocycles. The molecule has 0 bridgehead atoms. The highest BCUT2D eigenvalue weighted by atomic mass is 79.9. The van der Waals surface area contributed by atoms with Gasteiger partial charge in [0.25, 0.3) is 0 Å². The molecule has 0 aliphatic heterocycles. The van der Waals surface area contributed by atoms with Gasteiger partial charge in [0.1, 0.15) is 5.82 Å². The van der Waals surface area contributed by atoms with Gasteiger partial charge in [-0.3, -0.25) is 0 Å². The molecule has 112 valence electrons. The molecule has 4 nitrogen and oxygen atoms in total. The lowest BCUT2D eigenvalue weighted by atomic mass is 10.1. The van der Waals surface area contributed by atoms with Crippen LogP contribution in [0.2, 0.25) is 0 Å². The summed E-state index contributed by atoms with van der Waals surface area (Å²) in [7, 11) is 0. The largest absolute Gasteiger partial charge is 0.396 e. The molecule has 1 aromatic rings. The summed E-state index contributed by atoms with van der Waals surface area (Å²) in [5.74, 6) is -0.301. The van der Waals surface area contributed by atoms with Crippen LogP contribution in [0.5, 0.6) is 0 Å². The van der Waals surface area contributed by atoms with E-state index in [-0.39, 0.29) is 30.5 Å². The van der Waals surface area contributed by atoms with Gasteiger partial charge in [-0.2, -0.15) is 0 Å². The molecule has 0 aliphatic rings. The van der Waals surface area contributed by atoms with E-state index in [1.807, 2.05) is 13.8 Å². The standard InChI is InChI=1S/C14H20BrFN2O2/c1-9(5-6-19)17-14(20)18-10(2)7-11-3-4-13(16)12(15)8-11/h3-4,8-10,19H,5-7H2,1-2H3,(H2,17,18,20)/t9-,10?/m1/s1. The van der Waals surface area contributed by atoms with Crippen LogP contribution in [-0.2, 0) is 6.42 Å². The fourth-order valence-corrected chi connectivity index (χ4v) is 2.25. The summed E-state index contributed by atoms with van der Waals surface area (Å²) in [5.41, 5.74) is 0.939. The first-order valence-corrected chi connectivity index (χ1v) is 7.33. The van der Waals surface area contributed by atoms with Gasteiger partial charge in [0.2, 0.25) is 0 Å². The third kappa shape index (κ3) is 5.88. The van der Waals surface area contributed by atoms with Crippen molar-refractivity contribution in [2.45, 2.75) is 38.8 Å². The van der Waals surface area contributed by atoms with Gasteiger partial charge in [-0.15, -0.1) is 0 Å². The van der Waals surface area contributed by atoms with E-state index in [1.165, 1.54) is 6.07 Å². The average Bonchev–Trinajstić information content (AvgIpc) is 2.33. The number of benzene rings is 1. The van der Waals surface area contributed by atoms with Gasteiger partial charge in [-0.1, -0.05) is 6.07 Å². The van der Waals surface area contributed by atoms with Crippen LogP contribution in [0, 0.1) is 5.82 Å². The first-order valence-electron chi connectivity index (χ1n) is 6.54. The molecule has 6 heteroatoms. The number of halogens is 2. The monoisotopic (exact) mass is 346 g/mol. The van der Waals surface area contributed by atoms with Crippen molar-refractivity contribution in [1.29, 1.82) is 0 Å². The molecule has 0 radical (unpaired) electrons. The molecule has 0 aliphatic carbocycles. The maximum Gasteiger partial charge on any atom is 0.315 e. The van der Waals surface area contributed by atoms with E-state index in [0.717, 1.165) is 5.56 Å².